The van der Waals surface area contributed by atoms with E-state index in [-0.39, 0.29) is 42.0 Å². The van der Waals surface area contributed by atoms with Gasteiger partial charge in [-0.2, -0.15) is 0 Å². The predicted molar refractivity (Wildman–Crippen MR) is 188 cm³/mol. The number of rotatable bonds is 9. The normalized spacial score (nSPS) is 17.2. The first-order valence-corrected chi connectivity index (χ1v) is 23.0. The molecule has 16 heteroatoms. The summed E-state index contributed by atoms with van der Waals surface area (Å²) in [5.74, 6) is -0.651. The molecule has 0 radical (unpaired) electrons. The van der Waals surface area contributed by atoms with Crippen LogP contribution in [0.1, 0.15) is 41.3 Å². The Balaban J connectivity index is 1.21. The molecule has 0 amide bonds. The summed E-state index contributed by atoms with van der Waals surface area (Å²) in [5, 5.41) is 33.1. The number of aryl methyl sites for hydroxylation is 1. The van der Waals surface area contributed by atoms with Crippen LogP contribution >= 0.6 is 11.8 Å². The van der Waals surface area contributed by atoms with Gasteiger partial charge in [-0.3, -0.25) is 4.79 Å². The van der Waals surface area contributed by atoms with E-state index in [9.17, 15) is 19.8 Å². The third-order valence-electron chi connectivity index (χ3n) is 9.03. The molecule has 254 valence electrons. The van der Waals surface area contributed by atoms with Crippen molar-refractivity contribution in [3.05, 3.63) is 81.2 Å². The monoisotopic (exact) mass is 715 g/mol. The zero-order valence-corrected chi connectivity index (χ0v) is 31.0. The lowest BCUT2D eigenvalue weighted by Crippen LogP contribution is -2.55. The molecule has 7 rings (SSSR count). The minimum Gasteiger partial charge on any atom is -0.508 e. The lowest BCUT2D eigenvalue weighted by molar-refractivity contribution is -0.172. The third-order valence-corrected chi connectivity index (χ3v) is 18.9. The summed E-state index contributed by atoms with van der Waals surface area (Å²) in [6.45, 7) is 12.8. The minimum absolute atomic E-state index is 0.0632. The molecule has 0 saturated heterocycles. The maximum atomic E-state index is 13.9. The van der Waals surface area contributed by atoms with Crippen LogP contribution in [-0.4, -0.2) is 72.7 Å². The van der Waals surface area contributed by atoms with Gasteiger partial charge in [0.1, 0.15) is 12.4 Å². The van der Waals surface area contributed by atoms with Crippen LogP contribution in [0.4, 0.5) is 0 Å². The van der Waals surface area contributed by atoms with Crippen molar-refractivity contribution in [2.75, 3.05) is 5.38 Å². The van der Waals surface area contributed by atoms with E-state index < -0.39 is 28.2 Å². The van der Waals surface area contributed by atoms with Crippen molar-refractivity contribution in [2.45, 2.75) is 76.9 Å². The molecule has 2 N–H and O–H groups in total. The lowest BCUT2D eigenvalue weighted by Gasteiger charge is -2.35. The second-order valence-electron chi connectivity index (χ2n) is 13.7. The van der Waals surface area contributed by atoms with Crippen LogP contribution in [0, 0.1) is 6.92 Å². The van der Waals surface area contributed by atoms with E-state index >= 15 is 0 Å². The van der Waals surface area contributed by atoms with Crippen molar-refractivity contribution in [2.24, 2.45) is 0 Å². The zero-order chi connectivity index (χ0) is 34.9. The van der Waals surface area contributed by atoms with E-state index in [1.165, 1.54) is 0 Å². The van der Waals surface area contributed by atoms with Crippen LogP contribution in [0.5, 0.6) is 5.75 Å². The molecule has 6 heterocycles. The SMILES string of the molecule is CC[C@@]1(O)C(=O)OCc2c1cc1n(c2=O)Cc2c-1nc1ccc(O)cc1c2[Si](C)(C)O[Si](C)(C)CSc1ncc(Cn2cc(C)nn2)cn1. The van der Waals surface area contributed by atoms with Gasteiger partial charge in [0.25, 0.3) is 5.56 Å². The molecule has 0 aliphatic carbocycles. The average molecular weight is 716 g/mol. The summed E-state index contributed by atoms with van der Waals surface area (Å²) in [4.78, 5) is 40.7. The second kappa shape index (κ2) is 12.0. The van der Waals surface area contributed by atoms with E-state index in [1.54, 1.807) is 64.6 Å². The molecule has 0 unspecified atom stereocenters. The Labute approximate surface area is 288 Å². The average Bonchev–Trinajstić information content (AvgIpc) is 3.63. The number of esters is 1. The van der Waals surface area contributed by atoms with E-state index in [4.69, 9.17) is 13.8 Å². The molecule has 2 aliphatic rings. The number of nitrogens with zero attached hydrogens (tertiary/aromatic N) is 7. The number of pyridine rings is 2. The molecule has 0 bridgehead atoms. The van der Waals surface area contributed by atoms with Crippen LogP contribution in [0.2, 0.25) is 26.2 Å². The van der Waals surface area contributed by atoms with Gasteiger partial charge in [-0.15, -0.1) is 5.10 Å². The molecule has 1 atom stereocenters. The maximum absolute atomic E-state index is 13.9. The molecule has 0 spiro atoms. The van der Waals surface area contributed by atoms with Crippen LogP contribution < -0.4 is 10.7 Å². The number of aliphatic hydroxyl groups is 1. The number of carbonyl (C=O) groups is 1. The van der Waals surface area contributed by atoms with Gasteiger partial charge in [-0.1, -0.05) is 23.9 Å². The Morgan fingerprint density at radius 2 is 1.86 bits per heavy atom. The molecule has 4 aromatic heterocycles. The number of phenolic OH excluding ortho intramolecular Hbond substituents is 1. The van der Waals surface area contributed by atoms with Crippen LogP contribution in [0.25, 0.3) is 22.3 Å². The van der Waals surface area contributed by atoms with Crippen molar-refractivity contribution < 1.29 is 23.9 Å². The van der Waals surface area contributed by atoms with E-state index in [0.29, 0.717) is 34.0 Å². The molecular formula is C33H37N7O6SSi2. The Morgan fingerprint density at radius 3 is 2.55 bits per heavy atom. The molecule has 0 fully saturated rings. The second-order valence-corrected chi connectivity index (χ2v) is 23.4. The van der Waals surface area contributed by atoms with Crippen molar-refractivity contribution >= 4 is 50.5 Å². The maximum Gasteiger partial charge on any atom is 0.343 e. The standard InChI is InChI=1S/C33H37N7O6SSi2/c1-7-33(44)25-11-27-28-23(16-40(27)30(42)24(25)17-45-31(33)43)29(22-10-21(41)8-9-26(22)36-28)49(5,6)46-48(3,4)18-47-32-34-12-20(13-35-32)15-39-14-19(2)37-38-39/h8-14,41,44H,7,15-18H2,1-6H3/t33-/m0/s1. The van der Waals surface area contributed by atoms with Crippen molar-refractivity contribution in [3.8, 4) is 17.1 Å². The summed E-state index contributed by atoms with van der Waals surface area (Å²) in [6.07, 6.45) is 5.55. The van der Waals surface area contributed by atoms with Gasteiger partial charge in [0.2, 0.25) is 8.32 Å². The molecule has 0 saturated carbocycles. The van der Waals surface area contributed by atoms with Crippen LogP contribution in [0.3, 0.4) is 0 Å². The van der Waals surface area contributed by atoms with Gasteiger partial charge in [0.05, 0.1) is 41.3 Å². The van der Waals surface area contributed by atoms with Gasteiger partial charge in [0, 0.05) is 46.0 Å². The van der Waals surface area contributed by atoms with E-state index in [2.05, 4.69) is 46.5 Å². The number of benzene rings is 1. The summed E-state index contributed by atoms with van der Waals surface area (Å²) in [6, 6.07) is 6.80. The quantitative estimate of drug-likeness (QED) is 0.0970. The predicted octanol–water partition coefficient (Wildman–Crippen LogP) is 3.49. The number of cyclic esters (lactones) is 1. The highest BCUT2D eigenvalue weighted by Gasteiger charge is 2.46. The van der Waals surface area contributed by atoms with Gasteiger partial charge in [0.15, 0.2) is 19.1 Å². The van der Waals surface area contributed by atoms with E-state index in [0.717, 1.165) is 27.4 Å². The minimum atomic E-state index is -2.78. The van der Waals surface area contributed by atoms with Gasteiger partial charge >= 0.3 is 5.97 Å². The number of fused-ring (bicyclic) bond motifs is 5. The molecule has 2 aliphatic heterocycles. The number of aromatic nitrogens is 7. The lowest BCUT2D eigenvalue weighted by atomic mass is 9.86. The van der Waals surface area contributed by atoms with Gasteiger partial charge in [-0.25, -0.2) is 24.4 Å². The molecule has 5 aromatic rings. The summed E-state index contributed by atoms with van der Waals surface area (Å²) < 4.78 is 15.8. The highest BCUT2D eigenvalue weighted by Crippen LogP contribution is 2.39. The molecular weight excluding hydrogens is 679 g/mol. The molecule has 1 aromatic carbocycles. The number of aromatic hydroxyl groups is 1. The number of carbonyl (C=O) groups excluding carboxylic acids is 1. The van der Waals surface area contributed by atoms with E-state index in [1.807, 2.05) is 13.1 Å². The number of phenols is 1. The van der Waals surface area contributed by atoms with Crippen molar-refractivity contribution in [1.29, 1.82) is 0 Å². The number of hydrogen-bond acceptors (Lipinski definition) is 12. The summed E-state index contributed by atoms with van der Waals surface area (Å²) in [7, 11) is -5.15. The van der Waals surface area contributed by atoms with Gasteiger partial charge < -0.3 is 23.6 Å². The first-order chi connectivity index (χ1) is 23.2. The highest BCUT2D eigenvalue weighted by molar-refractivity contribution is 8.00. The Hall–Kier alpha value is -4.23. The van der Waals surface area contributed by atoms with Crippen LogP contribution in [0.15, 0.2) is 52.8 Å². The number of thioether (sulfide) groups is 1. The fourth-order valence-electron chi connectivity index (χ4n) is 6.92. The summed E-state index contributed by atoms with van der Waals surface area (Å²) in [5.41, 5.74) is 2.73. The Kier molecular flexibility index (Phi) is 8.13. The highest BCUT2D eigenvalue weighted by atomic mass is 32.2. The zero-order valence-electron chi connectivity index (χ0n) is 28.1. The molecule has 49 heavy (non-hydrogen) atoms. The third kappa shape index (κ3) is 5.90. The Bertz CT molecular complexity index is 2200. The number of ether oxygens (including phenoxy) is 1. The Morgan fingerprint density at radius 1 is 1.10 bits per heavy atom. The van der Waals surface area contributed by atoms with Gasteiger partial charge in [-0.05, 0) is 69.0 Å². The van der Waals surface area contributed by atoms with Crippen molar-refractivity contribution in [1.82, 2.24) is 34.5 Å². The fraction of sp³-hybridized carbons (Fsp3) is 0.364. The smallest absolute Gasteiger partial charge is 0.343 e. The largest absolute Gasteiger partial charge is 0.508 e. The topological polar surface area (TPSA) is 167 Å². The fourth-order valence-corrected chi connectivity index (χ4v) is 17.6. The molecule has 13 nitrogen and oxygen atoms in total. The number of hydrogen-bond donors (Lipinski definition) is 2. The first kappa shape index (κ1) is 33.3. The summed E-state index contributed by atoms with van der Waals surface area (Å²) >= 11 is 1.56. The first-order valence-electron chi connectivity index (χ1n) is 16.0. The van der Waals surface area contributed by atoms with Crippen molar-refractivity contribution in [3.63, 3.8) is 0 Å². The van der Waals surface area contributed by atoms with Crippen LogP contribution in [-0.2, 0) is 38.9 Å².